The van der Waals surface area contributed by atoms with Crippen molar-refractivity contribution < 1.29 is 0 Å². The molecule has 1 atom stereocenters. The molecule has 0 spiro atoms. The van der Waals surface area contributed by atoms with Crippen molar-refractivity contribution in [1.82, 2.24) is 0 Å². The van der Waals surface area contributed by atoms with E-state index < -0.39 is 0 Å². The number of benzene rings is 2. The Morgan fingerprint density at radius 3 is 2.89 bits per heavy atom. The Bertz CT molecular complexity index is 577. The lowest BCUT2D eigenvalue weighted by Crippen LogP contribution is -2.24. The second kappa shape index (κ2) is 4.66. The highest BCUT2D eigenvalue weighted by atomic mass is 35.5. The second-order valence-electron chi connectivity index (χ2n) is 4.96. The zero-order valence-electron chi connectivity index (χ0n) is 10.4. The van der Waals surface area contributed by atoms with Gasteiger partial charge in [0, 0.05) is 12.5 Å². The third-order valence-electron chi connectivity index (χ3n) is 3.62. The Kier molecular flexibility index (Phi) is 3.00. The Labute approximate surface area is 113 Å². The number of hydrogen-bond donors (Lipinski definition) is 1. The lowest BCUT2D eigenvalue weighted by Gasteiger charge is -2.30. The number of fused-ring (bicyclic) bond motifs is 1. The maximum Gasteiger partial charge on any atom is 0.0637 e. The number of anilines is 1. The molecule has 2 heteroatoms. The van der Waals surface area contributed by atoms with Crippen LogP contribution in [0.25, 0.3) is 0 Å². The first-order valence-corrected chi connectivity index (χ1v) is 6.69. The smallest absolute Gasteiger partial charge is 0.0637 e. The van der Waals surface area contributed by atoms with E-state index in [1.165, 1.54) is 23.1 Å². The van der Waals surface area contributed by atoms with Gasteiger partial charge >= 0.3 is 0 Å². The summed E-state index contributed by atoms with van der Waals surface area (Å²) in [4.78, 5) is 0. The summed E-state index contributed by atoms with van der Waals surface area (Å²) < 4.78 is 0. The van der Waals surface area contributed by atoms with E-state index in [0.717, 1.165) is 17.3 Å². The number of halogens is 1. The van der Waals surface area contributed by atoms with Crippen molar-refractivity contribution in [2.75, 3.05) is 11.9 Å². The molecule has 0 bridgehead atoms. The minimum absolute atomic E-state index is 0.623. The number of rotatable bonds is 3. The molecular weight excluding hydrogens is 242 g/mol. The van der Waals surface area contributed by atoms with Gasteiger partial charge in [0.15, 0.2) is 0 Å². The molecule has 0 aromatic heterocycles. The van der Waals surface area contributed by atoms with E-state index in [-0.39, 0.29) is 0 Å². The van der Waals surface area contributed by atoms with Gasteiger partial charge in [0.2, 0.25) is 0 Å². The van der Waals surface area contributed by atoms with Gasteiger partial charge in [0.1, 0.15) is 0 Å². The molecule has 0 aliphatic heterocycles. The highest BCUT2D eigenvalue weighted by molar-refractivity contribution is 6.33. The fraction of sp³-hybridized carbons (Fsp3) is 0.250. The summed E-state index contributed by atoms with van der Waals surface area (Å²) >= 11 is 6.18. The van der Waals surface area contributed by atoms with Crippen LogP contribution in [0.2, 0.25) is 5.02 Å². The highest BCUT2D eigenvalue weighted by Gasteiger charge is 2.24. The van der Waals surface area contributed by atoms with Gasteiger partial charge < -0.3 is 5.32 Å². The number of hydrogen-bond acceptors (Lipinski definition) is 1. The van der Waals surface area contributed by atoms with Crippen molar-refractivity contribution in [3.05, 3.63) is 64.2 Å². The van der Waals surface area contributed by atoms with Gasteiger partial charge in [0.05, 0.1) is 10.7 Å². The van der Waals surface area contributed by atoms with Crippen LogP contribution in [0, 0.1) is 6.92 Å². The monoisotopic (exact) mass is 257 g/mol. The Morgan fingerprint density at radius 2 is 2.06 bits per heavy atom. The average molecular weight is 258 g/mol. The van der Waals surface area contributed by atoms with Crippen LogP contribution in [0.15, 0.2) is 42.5 Å². The summed E-state index contributed by atoms with van der Waals surface area (Å²) in [6, 6.07) is 14.8. The van der Waals surface area contributed by atoms with Crippen molar-refractivity contribution >= 4 is 17.3 Å². The largest absolute Gasteiger partial charge is 0.383 e. The minimum atomic E-state index is 0.623. The summed E-state index contributed by atoms with van der Waals surface area (Å²) in [5.74, 6) is 0.623. The molecule has 0 amide bonds. The minimum Gasteiger partial charge on any atom is -0.383 e. The molecule has 18 heavy (non-hydrogen) atoms. The molecule has 0 saturated carbocycles. The summed E-state index contributed by atoms with van der Waals surface area (Å²) in [6.45, 7) is 3.04. The van der Waals surface area contributed by atoms with Gasteiger partial charge in [-0.25, -0.2) is 0 Å². The number of aryl methyl sites for hydroxylation is 1. The summed E-state index contributed by atoms with van der Waals surface area (Å²) in [5, 5.41) is 4.26. The van der Waals surface area contributed by atoms with Crippen molar-refractivity contribution in [3.63, 3.8) is 0 Å². The maximum absolute atomic E-state index is 6.18. The van der Waals surface area contributed by atoms with E-state index in [9.17, 15) is 0 Å². The molecule has 0 heterocycles. The molecule has 1 aliphatic carbocycles. The van der Waals surface area contributed by atoms with E-state index in [2.05, 4.69) is 42.6 Å². The fourth-order valence-electron chi connectivity index (χ4n) is 2.55. The SMILES string of the molecule is Cc1ccc(Cl)c(NCC2Cc3ccccc32)c1. The molecule has 92 valence electrons. The Hall–Kier alpha value is -1.47. The molecule has 2 aromatic rings. The molecule has 0 radical (unpaired) electrons. The topological polar surface area (TPSA) is 12.0 Å². The standard InChI is InChI=1S/C16H16ClN/c1-11-6-7-15(17)16(8-11)18-10-13-9-12-4-2-3-5-14(12)13/h2-8,13,18H,9-10H2,1H3. The first-order valence-electron chi connectivity index (χ1n) is 6.32. The van der Waals surface area contributed by atoms with E-state index in [1.54, 1.807) is 0 Å². The second-order valence-corrected chi connectivity index (χ2v) is 5.37. The van der Waals surface area contributed by atoms with Crippen LogP contribution in [0.3, 0.4) is 0 Å². The van der Waals surface area contributed by atoms with Crippen LogP contribution >= 0.6 is 11.6 Å². The van der Waals surface area contributed by atoms with E-state index in [1.807, 2.05) is 12.1 Å². The van der Waals surface area contributed by atoms with Gasteiger partial charge in [0.25, 0.3) is 0 Å². The van der Waals surface area contributed by atoms with Gasteiger partial charge in [-0.15, -0.1) is 0 Å². The van der Waals surface area contributed by atoms with Crippen LogP contribution in [-0.2, 0) is 6.42 Å². The van der Waals surface area contributed by atoms with Crippen LogP contribution in [0.1, 0.15) is 22.6 Å². The van der Waals surface area contributed by atoms with Crippen molar-refractivity contribution in [2.24, 2.45) is 0 Å². The average Bonchev–Trinajstić information content (AvgIpc) is 2.34. The first kappa shape index (κ1) is 11.6. The summed E-state index contributed by atoms with van der Waals surface area (Å²) in [6.07, 6.45) is 1.17. The molecule has 0 fully saturated rings. The Balaban J connectivity index is 1.68. The molecular formula is C16H16ClN. The number of nitrogens with one attached hydrogen (secondary N) is 1. The lowest BCUT2D eigenvalue weighted by molar-refractivity contribution is 0.636. The molecule has 1 unspecified atom stereocenters. The van der Waals surface area contributed by atoms with Crippen molar-refractivity contribution in [1.29, 1.82) is 0 Å². The predicted octanol–water partition coefficient (Wildman–Crippen LogP) is 4.40. The first-order chi connectivity index (χ1) is 8.74. The molecule has 3 rings (SSSR count). The van der Waals surface area contributed by atoms with Gasteiger partial charge in [-0.1, -0.05) is 41.9 Å². The quantitative estimate of drug-likeness (QED) is 0.859. The van der Waals surface area contributed by atoms with E-state index in [4.69, 9.17) is 11.6 Å². The van der Waals surface area contributed by atoms with E-state index >= 15 is 0 Å². The highest BCUT2D eigenvalue weighted by Crippen LogP contribution is 2.35. The maximum atomic E-state index is 6.18. The normalized spacial score (nSPS) is 16.9. The third kappa shape index (κ3) is 2.11. The molecule has 1 N–H and O–H groups in total. The van der Waals surface area contributed by atoms with Crippen LogP contribution in [0.5, 0.6) is 0 Å². The molecule has 2 aromatic carbocycles. The third-order valence-corrected chi connectivity index (χ3v) is 3.95. The Morgan fingerprint density at radius 1 is 1.22 bits per heavy atom. The van der Waals surface area contributed by atoms with Gasteiger partial charge in [-0.3, -0.25) is 0 Å². The molecule has 1 nitrogen and oxygen atoms in total. The van der Waals surface area contributed by atoms with Gasteiger partial charge in [-0.2, -0.15) is 0 Å². The summed E-state index contributed by atoms with van der Waals surface area (Å²) in [5.41, 5.74) is 5.24. The molecule has 1 aliphatic rings. The van der Waals surface area contributed by atoms with Gasteiger partial charge in [-0.05, 0) is 42.2 Å². The fourth-order valence-corrected chi connectivity index (χ4v) is 2.74. The van der Waals surface area contributed by atoms with Crippen LogP contribution in [-0.4, -0.2) is 6.54 Å². The molecule has 0 saturated heterocycles. The predicted molar refractivity (Wildman–Crippen MR) is 77.6 cm³/mol. The lowest BCUT2D eigenvalue weighted by atomic mass is 9.77. The zero-order chi connectivity index (χ0) is 12.5. The van der Waals surface area contributed by atoms with Crippen LogP contribution in [0.4, 0.5) is 5.69 Å². The van der Waals surface area contributed by atoms with Crippen molar-refractivity contribution in [2.45, 2.75) is 19.3 Å². The van der Waals surface area contributed by atoms with Crippen molar-refractivity contribution in [3.8, 4) is 0 Å². The van der Waals surface area contributed by atoms with Crippen LogP contribution < -0.4 is 5.32 Å². The zero-order valence-corrected chi connectivity index (χ0v) is 11.2. The summed E-state index contributed by atoms with van der Waals surface area (Å²) in [7, 11) is 0. The van der Waals surface area contributed by atoms with E-state index in [0.29, 0.717) is 5.92 Å².